The predicted molar refractivity (Wildman–Crippen MR) is 44.3 cm³/mol. The van der Waals surface area contributed by atoms with Gasteiger partial charge in [-0.2, -0.15) is 0 Å². The van der Waals surface area contributed by atoms with Crippen molar-refractivity contribution in [1.29, 1.82) is 0 Å². The van der Waals surface area contributed by atoms with Gasteiger partial charge in [0.2, 0.25) is 0 Å². The highest BCUT2D eigenvalue weighted by Gasteiger charge is 2.06. The fourth-order valence-corrected chi connectivity index (χ4v) is 0.618. The molecule has 0 aromatic carbocycles. The van der Waals surface area contributed by atoms with E-state index in [0.717, 1.165) is 0 Å². The minimum atomic E-state index is -1.14. The molecule has 4 nitrogen and oxygen atoms in total. The molecular weight excluding hydrogens is 158 g/mol. The summed E-state index contributed by atoms with van der Waals surface area (Å²) in [6.07, 6.45) is 0.340. The molecule has 0 fully saturated rings. The molecule has 0 bridgehead atoms. The third-order valence-electron chi connectivity index (χ3n) is 1.42. The van der Waals surface area contributed by atoms with Crippen LogP contribution in [0.2, 0.25) is 0 Å². The molecule has 0 spiro atoms. The van der Waals surface area contributed by atoms with Crippen molar-refractivity contribution in [1.82, 2.24) is 0 Å². The first kappa shape index (κ1) is 11.0. The van der Waals surface area contributed by atoms with Crippen LogP contribution in [0.3, 0.4) is 0 Å². The van der Waals surface area contributed by atoms with E-state index in [4.69, 9.17) is 15.9 Å². The fraction of sp³-hybridized carbons (Fsp3) is 0.625. The Morgan fingerprint density at radius 3 is 2.67 bits per heavy atom. The van der Waals surface area contributed by atoms with E-state index in [-0.39, 0.29) is 6.04 Å². The zero-order chi connectivity index (χ0) is 9.56. The lowest BCUT2D eigenvalue weighted by Gasteiger charge is -2.11. The molecule has 0 saturated heterocycles. The van der Waals surface area contributed by atoms with Crippen LogP contribution in [0.15, 0.2) is 0 Å². The average molecular weight is 171 g/mol. The fourth-order valence-electron chi connectivity index (χ4n) is 0.618. The van der Waals surface area contributed by atoms with Crippen molar-refractivity contribution in [3.05, 3.63) is 0 Å². The third kappa shape index (κ3) is 5.71. The summed E-state index contributed by atoms with van der Waals surface area (Å²) in [4.78, 5) is 9.92. The lowest BCUT2D eigenvalue weighted by Crippen LogP contribution is -2.31. The molecule has 0 heterocycles. The van der Waals surface area contributed by atoms with Gasteiger partial charge in [0.15, 0.2) is 0 Å². The highest BCUT2D eigenvalue weighted by Crippen LogP contribution is 1.97. The van der Waals surface area contributed by atoms with Crippen molar-refractivity contribution in [2.45, 2.75) is 31.9 Å². The molecule has 0 saturated carbocycles. The van der Waals surface area contributed by atoms with Crippen LogP contribution < -0.4 is 5.73 Å². The van der Waals surface area contributed by atoms with Crippen LogP contribution in [0.25, 0.3) is 0 Å². The first-order chi connectivity index (χ1) is 5.54. The smallest absolute Gasteiger partial charge is 0.381 e. The predicted octanol–water partition coefficient (Wildman–Crippen LogP) is -0.437. The van der Waals surface area contributed by atoms with E-state index in [1.807, 2.05) is 5.92 Å². The van der Waals surface area contributed by atoms with Crippen molar-refractivity contribution >= 4 is 5.97 Å². The van der Waals surface area contributed by atoms with E-state index < -0.39 is 12.1 Å². The number of hydrogen-bond acceptors (Lipinski definition) is 3. The number of aliphatic hydroxyl groups excluding tert-OH is 1. The van der Waals surface area contributed by atoms with Crippen LogP contribution in [-0.4, -0.2) is 28.3 Å². The second-order valence-electron chi connectivity index (χ2n) is 2.55. The quantitative estimate of drug-likeness (QED) is 0.503. The SMILES string of the molecule is CC(O)C(N)CCC#CC(=O)O. The molecule has 4 heteroatoms. The summed E-state index contributed by atoms with van der Waals surface area (Å²) in [5, 5.41) is 17.1. The van der Waals surface area contributed by atoms with Gasteiger partial charge in [-0.25, -0.2) is 4.79 Å². The molecule has 2 atom stereocenters. The molecule has 2 unspecified atom stereocenters. The van der Waals surface area contributed by atoms with Gasteiger partial charge in [-0.05, 0) is 13.3 Å². The zero-order valence-corrected chi connectivity index (χ0v) is 6.95. The first-order valence-corrected chi connectivity index (χ1v) is 3.69. The maximum absolute atomic E-state index is 9.92. The van der Waals surface area contributed by atoms with Gasteiger partial charge in [0.1, 0.15) is 0 Å². The van der Waals surface area contributed by atoms with Gasteiger partial charge in [-0.15, -0.1) is 0 Å². The third-order valence-corrected chi connectivity index (χ3v) is 1.42. The van der Waals surface area contributed by atoms with Gasteiger partial charge in [0, 0.05) is 18.4 Å². The number of aliphatic carboxylic acids is 1. The van der Waals surface area contributed by atoms with Gasteiger partial charge >= 0.3 is 5.97 Å². The second kappa shape index (κ2) is 5.58. The van der Waals surface area contributed by atoms with Crippen molar-refractivity contribution in [3.63, 3.8) is 0 Å². The zero-order valence-electron chi connectivity index (χ0n) is 6.95. The van der Waals surface area contributed by atoms with E-state index >= 15 is 0 Å². The molecule has 0 rings (SSSR count). The van der Waals surface area contributed by atoms with Gasteiger partial charge in [0.05, 0.1) is 6.10 Å². The Labute approximate surface area is 71.4 Å². The van der Waals surface area contributed by atoms with Crippen molar-refractivity contribution in [3.8, 4) is 11.8 Å². The molecule has 12 heavy (non-hydrogen) atoms. The normalized spacial score (nSPS) is 14.2. The van der Waals surface area contributed by atoms with Crippen LogP contribution in [0.5, 0.6) is 0 Å². The van der Waals surface area contributed by atoms with E-state index in [1.54, 1.807) is 6.92 Å². The molecule has 68 valence electrons. The van der Waals surface area contributed by atoms with Crippen LogP contribution in [0.1, 0.15) is 19.8 Å². The summed E-state index contributed by atoms with van der Waals surface area (Å²) in [6, 6.07) is -0.326. The number of rotatable bonds is 3. The molecular formula is C8H13NO3. The van der Waals surface area contributed by atoms with Crippen molar-refractivity contribution in [2.24, 2.45) is 5.73 Å². The Hall–Kier alpha value is -1.05. The number of aliphatic hydroxyl groups is 1. The molecule has 4 N–H and O–H groups in total. The average Bonchev–Trinajstić information content (AvgIpc) is 1.97. The lowest BCUT2D eigenvalue weighted by molar-refractivity contribution is -0.130. The molecule has 0 aliphatic rings. The minimum Gasteiger partial charge on any atom is -0.472 e. The molecule has 0 aromatic rings. The summed E-state index contributed by atoms with van der Waals surface area (Å²) >= 11 is 0. The van der Waals surface area contributed by atoms with Crippen LogP contribution in [0, 0.1) is 11.8 Å². The summed E-state index contributed by atoms with van der Waals surface area (Å²) in [7, 11) is 0. The minimum absolute atomic E-state index is 0.326. The summed E-state index contributed by atoms with van der Waals surface area (Å²) in [5.41, 5.74) is 5.47. The Morgan fingerprint density at radius 1 is 1.67 bits per heavy atom. The lowest BCUT2D eigenvalue weighted by atomic mass is 10.1. The van der Waals surface area contributed by atoms with Crippen molar-refractivity contribution in [2.75, 3.05) is 0 Å². The maximum Gasteiger partial charge on any atom is 0.381 e. The summed E-state index contributed by atoms with van der Waals surface area (Å²) in [5.74, 6) is 3.26. The second-order valence-corrected chi connectivity index (χ2v) is 2.55. The Kier molecular flexibility index (Phi) is 5.09. The van der Waals surface area contributed by atoms with E-state index in [2.05, 4.69) is 5.92 Å². The van der Waals surface area contributed by atoms with Crippen LogP contribution in [-0.2, 0) is 4.79 Å². The number of carbonyl (C=O) groups is 1. The van der Waals surface area contributed by atoms with Crippen LogP contribution >= 0.6 is 0 Å². The highest BCUT2D eigenvalue weighted by molar-refractivity contribution is 5.86. The van der Waals surface area contributed by atoms with E-state index in [9.17, 15) is 4.79 Å². The monoisotopic (exact) mass is 171 g/mol. The topological polar surface area (TPSA) is 83.5 Å². The number of nitrogens with two attached hydrogens (primary N) is 1. The number of carboxylic acid groups (broad SMARTS) is 1. The van der Waals surface area contributed by atoms with E-state index in [1.165, 1.54) is 0 Å². The van der Waals surface area contributed by atoms with Gasteiger partial charge in [0.25, 0.3) is 0 Å². The Bertz CT molecular complexity index is 202. The summed E-state index contributed by atoms with van der Waals surface area (Å²) < 4.78 is 0. The van der Waals surface area contributed by atoms with Crippen LogP contribution in [0.4, 0.5) is 0 Å². The molecule has 0 amide bonds. The van der Waals surface area contributed by atoms with Crippen molar-refractivity contribution < 1.29 is 15.0 Å². The maximum atomic E-state index is 9.92. The largest absolute Gasteiger partial charge is 0.472 e. The number of hydrogen-bond donors (Lipinski definition) is 3. The number of carboxylic acids is 1. The van der Waals surface area contributed by atoms with Gasteiger partial charge in [-0.1, -0.05) is 5.92 Å². The first-order valence-electron chi connectivity index (χ1n) is 3.69. The Morgan fingerprint density at radius 2 is 2.25 bits per heavy atom. The molecule has 0 aliphatic carbocycles. The standard InChI is InChI=1S/C8H13NO3/c1-6(10)7(9)4-2-3-5-8(11)12/h6-7,10H,2,4,9H2,1H3,(H,11,12). The highest BCUT2D eigenvalue weighted by atomic mass is 16.4. The molecule has 0 radical (unpaired) electrons. The van der Waals surface area contributed by atoms with E-state index in [0.29, 0.717) is 12.8 Å². The Balaban J connectivity index is 3.58. The van der Waals surface area contributed by atoms with Gasteiger partial charge < -0.3 is 15.9 Å². The summed E-state index contributed by atoms with van der Waals surface area (Å²) in [6.45, 7) is 1.59. The molecule has 0 aliphatic heterocycles. The van der Waals surface area contributed by atoms with Gasteiger partial charge in [-0.3, -0.25) is 0 Å². The molecule has 0 aromatic heterocycles.